The predicted octanol–water partition coefficient (Wildman–Crippen LogP) is 4.76. The largest absolute Gasteiger partial charge is 0.357 e. The molecule has 0 saturated carbocycles. The number of rotatable bonds is 9. The predicted molar refractivity (Wildman–Crippen MR) is 171 cm³/mol. The SMILES string of the molecule is CC[C@H](SN1CC2CCC(C1)N2C)C(=O)Nc1nccc2c(-c3nc(Nc4cccc(S(C)(=O)=O)c4F)ncc3C)c[nH]c12. The molecule has 3 N–H and O–H groups in total. The number of hydrogen-bond acceptors (Lipinski definition) is 10. The van der Waals surface area contributed by atoms with Crippen molar-refractivity contribution in [2.24, 2.45) is 0 Å². The van der Waals surface area contributed by atoms with Crippen LogP contribution in [-0.2, 0) is 14.6 Å². The van der Waals surface area contributed by atoms with Gasteiger partial charge in [0.15, 0.2) is 21.5 Å². The van der Waals surface area contributed by atoms with Gasteiger partial charge in [0.1, 0.15) is 4.90 Å². The number of nitrogens with one attached hydrogen (secondary N) is 3. The van der Waals surface area contributed by atoms with Crippen molar-refractivity contribution in [1.82, 2.24) is 29.1 Å². The fourth-order valence-electron chi connectivity index (χ4n) is 5.98. The maximum atomic E-state index is 15.0. The van der Waals surface area contributed by atoms with Crippen molar-refractivity contribution >= 4 is 56.0 Å². The third-order valence-corrected chi connectivity index (χ3v) is 10.9. The average Bonchev–Trinajstić information content (AvgIpc) is 3.49. The summed E-state index contributed by atoms with van der Waals surface area (Å²) < 4.78 is 41.3. The molecule has 2 bridgehead atoms. The number of fused-ring (bicyclic) bond motifs is 3. The van der Waals surface area contributed by atoms with Crippen molar-refractivity contribution in [3.8, 4) is 11.3 Å². The number of carbonyl (C=O) groups excluding carboxylic acids is 1. The molecule has 2 aliphatic heterocycles. The van der Waals surface area contributed by atoms with Crippen LogP contribution < -0.4 is 10.6 Å². The first-order valence-corrected chi connectivity index (χ1v) is 17.3. The molecule has 11 nitrogen and oxygen atoms in total. The standard InChI is InChI=1S/C30H35FN8O3S2/c1-5-23(43-39-15-18-9-10-19(16-39)38(18)3)29(40)37-28-27-20(11-12-32-28)21(14-33-27)26-17(2)13-34-30(36-26)35-22-7-6-8-24(25(22)31)44(4,41)42/h6-8,11-14,18-19,23,33H,5,9-10,15-16H2,1-4H3,(H,32,37,40)(H,34,35,36)/t18?,19?,23-/m0/s1. The number of carbonyl (C=O) groups is 1. The number of hydrogen-bond donors (Lipinski definition) is 3. The van der Waals surface area contributed by atoms with Crippen LogP contribution in [0.4, 0.5) is 21.8 Å². The lowest BCUT2D eigenvalue weighted by Crippen LogP contribution is -2.50. The Labute approximate surface area is 260 Å². The molecule has 3 atom stereocenters. The summed E-state index contributed by atoms with van der Waals surface area (Å²) in [5.41, 5.74) is 2.72. The normalized spacial score (nSPS) is 19.8. The average molecular weight is 639 g/mol. The first-order valence-electron chi connectivity index (χ1n) is 14.5. The van der Waals surface area contributed by atoms with Crippen LogP contribution in [0.15, 0.2) is 47.8 Å². The summed E-state index contributed by atoms with van der Waals surface area (Å²) in [7, 11) is -1.56. The highest BCUT2D eigenvalue weighted by Gasteiger charge is 2.39. The van der Waals surface area contributed by atoms with Crippen molar-refractivity contribution in [1.29, 1.82) is 0 Å². The maximum Gasteiger partial charge on any atom is 0.240 e. The van der Waals surface area contributed by atoms with Crippen molar-refractivity contribution in [2.75, 3.05) is 37.0 Å². The van der Waals surface area contributed by atoms with Crippen molar-refractivity contribution in [3.05, 3.63) is 54.2 Å². The third kappa shape index (κ3) is 5.91. The van der Waals surface area contributed by atoms with Crippen LogP contribution in [0.25, 0.3) is 22.2 Å². The van der Waals surface area contributed by atoms with E-state index in [0.29, 0.717) is 35.5 Å². The van der Waals surface area contributed by atoms with E-state index in [1.807, 2.05) is 19.9 Å². The Balaban J connectivity index is 1.23. The minimum absolute atomic E-state index is 0.0524. The van der Waals surface area contributed by atoms with E-state index in [4.69, 9.17) is 0 Å². The van der Waals surface area contributed by atoms with Crippen LogP contribution in [0, 0.1) is 12.7 Å². The second kappa shape index (κ2) is 12.1. The fourth-order valence-corrected chi connectivity index (χ4v) is 7.92. The Bertz CT molecular complexity index is 1820. The molecule has 1 aromatic carbocycles. The molecule has 2 aliphatic rings. The van der Waals surface area contributed by atoms with E-state index < -0.39 is 20.5 Å². The highest BCUT2D eigenvalue weighted by atomic mass is 32.2. The maximum absolute atomic E-state index is 15.0. The zero-order valence-electron chi connectivity index (χ0n) is 25.0. The first-order chi connectivity index (χ1) is 21.0. The number of nitrogens with zero attached hydrogens (tertiary/aromatic N) is 5. The smallest absolute Gasteiger partial charge is 0.240 e. The van der Waals surface area contributed by atoms with Gasteiger partial charge in [-0.05, 0) is 57.0 Å². The number of aromatic nitrogens is 4. The van der Waals surface area contributed by atoms with E-state index >= 15 is 0 Å². The van der Waals surface area contributed by atoms with E-state index in [1.54, 1.807) is 30.5 Å². The summed E-state index contributed by atoms with van der Waals surface area (Å²) in [4.78, 5) is 32.1. The topological polar surface area (TPSA) is 136 Å². The van der Waals surface area contributed by atoms with Crippen molar-refractivity contribution in [3.63, 3.8) is 0 Å². The summed E-state index contributed by atoms with van der Waals surface area (Å²) in [6.07, 6.45) is 9.10. The van der Waals surface area contributed by atoms with E-state index in [9.17, 15) is 17.6 Å². The van der Waals surface area contributed by atoms with E-state index in [1.165, 1.54) is 31.0 Å². The van der Waals surface area contributed by atoms with E-state index in [0.717, 1.165) is 35.9 Å². The van der Waals surface area contributed by atoms with Gasteiger partial charge >= 0.3 is 0 Å². The molecular weight excluding hydrogens is 604 g/mol. The van der Waals surface area contributed by atoms with Crippen LogP contribution in [0.1, 0.15) is 31.7 Å². The third-order valence-electron chi connectivity index (χ3n) is 8.43. The molecule has 0 aliphatic carbocycles. The number of piperazine rings is 1. The molecule has 2 unspecified atom stereocenters. The molecule has 2 fully saturated rings. The molecule has 0 spiro atoms. The number of aryl methyl sites for hydroxylation is 1. The molecule has 6 rings (SSSR count). The summed E-state index contributed by atoms with van der Waals surface area (Å²) in [6.45, 7) is 5.80. The van der Waals surface area contributed by atoms with Gasteiger partial charge in [-0.1, -0.05) is 24.9 Å². The minimum Gasteiger partial charge on any atom is -0.357 e. The number of aromatic amines is 1. The second-order valence-electron chi connectivity index (χ2n) is 11.4. The van der Waals surface area contributed by atoms with E-state index in [2.05, 4.69) is 46.8 Å². The van der Waals surface area contributed by atoms with Crippen molar-refractivity contribution in [2.45, 2.75) is 55.3 Å². The van der Waals surface area contributed by atoms with Gasteiger partial charge in [0, 0.05) is 61.0 Å². The number of pyridine rings is 1. The monoisotopic (exact) mass is 638 g/mol. The van der Waals surface area contributed by atoms with Gasteiger partial charge in [0.05, 0.1) is 22.1 Å². The Morgan fingerprint density at radius 3 is 2.66 bits per heavy atom. The number of H-pyrrole nitrogens is 1. The minimum atomic E-state index is -3.76. The molecule has 2 saturated heterocycles. The molecule has 4 aromatic rings. The number of benzene rings is 1. The van der Waals surface area contributed by atoms with Gasteiger partial charge in [-0.25, -0.2) is 32.1 Å². The molecule has 0 radical (unpaired) electrons. The molecule has 44 heavy (non-hydrogen) atoms. The summed E-state index contributed by atoms with van der Waals surface area (Å²) in [5.74, 6) is -0.459. The van der Waals surface area contributed by atoms with Crippen LogP contribution in [0.2, 0.25) is 0 Å². The molecule has 14 heteroatoms. The number of amides is 1. The lowest BCUT2D eigenvalue weighted by atomic mass is 10.1. The molecule has 3 aromatic heterocycles. The summed E-state index contributed by atoms with van der Waals surface area (Å²) >= 11 is 1.63. The highest BCUT2D eigenvalue weighted by molar-refractivity contribution is 7.98. The lowest BCUT2D eigenvalue weighted by Gasteiger charge is -2.39. The summed E-state index contributed by atoms with van der Waals surface area (Å²) in [5, 5.41) is 6.41. The molecule has 232 valence electrons. The molecule has 1 amide bonds. The van der Waals surface area contributed by atoms with Crippen LogP contribution in [-0.4, -0.2) is 87.2 Å². The Morgan fingerprint density at radius 1 is 1.20 bits per heavy atom. The Kier molecular flexibility index (Phi) is 8.35. The zero-order valence-corrected chi connectivity index (χ0v) is 26.6. The van der Waals surface area contributed by atoms with Gasteiger partial charge in [0.2, 0.25) is 11.9 Å². The van der Waals surface area contributed by atoms with Crippen LogP contribution >= 0.6 is 11.9 Å². The summed E-state index contributed by atoms with van der Waals surface area (Å²) in [6, 6.07) is 7.03. The Morgan fingerprint density at radius 2 is 1.95 bits per heavy atom. The van der Waals surface area contributed by atoms with Gasteiger partial charge in [-0.3, -0.25) is 9.69 Å². The highest BCUT2D eigenvalue weighted by Crippen LogP contribution is 2.35. The van der Waals surface area contributed by atoms with Gasteiger partial charge in [-0.2, -0.15) is 0 Å². The van der Waals surface area contributed by atoms with Crippen LogP contribution in [0.3, 0.4) is 0 Å². The van der Waals surface area contributed by atoms with Crippen molar-refractivity contribution < 1.29 is 17.6 Å². The second-order valence-corrected chi connectivity index (χ2v) is 14.7. The van der Waals surface area contributed by atoms with Gasteiger partial charge in [-0.15, -0.1) is 0 Å². The van der Waals surface area contributed by atoms with E-state index in [-0.39, 0.29) is 22.8 Å². The van der Waals surface area contributed by atoms with Gasteiger partial charge < -0.3 is 15.6 Å². The number of halogens is 1. The Hall–Kier alpha value is -3.59. The zero-order chi connectivity index (χ0) is 31.2. The van der Waals surface area contributed by atoms with Gasteiger partial charge in [0.25, 0.3) is 0 Å². The number of likely N-dealkylation sites (N-methyl/N-ethyl adjacent to an activating group) is 1. The van der Waals surface area contributed by atoms with Crippen LogP contribution in [0.5, 0.6) is 0 Å². The molecule has 5 heterocycles. The fraction of sp³-hybridized carbons (Fsp3) is 0.400. The number of sulfone groups is 1. The number of anilines is 3. The quantitative estimate of drug-likeness (QED) is 0.220. The first kappa shape index (κ1) is 30.4. The lowest BCUT2D eigenvalue weighted by molar-refractivity contribution is -0.115. The molecular formula is C30H35FN8O3S2.